The maximum atomic E-state index is 3.55. The van der Waals surface area contributed by atoms with Gasteiger partial charge in [0.1, 0.15) is 0 Å². The van der Waals surface area contributed by atoms with Crippen molar-refractivity contribution in [1.82, 2.24) is 4.90 Å². The highest BCUT2D eigenvalue weighted by Crippen LogP contribution is 2.34. The molecule has 0 spiro atoms. The zero-order valence-electron chi connectivity index (χ0n) is 7.64. The third-order valence-electron chi connectivity index (χ3n) is 3.15. The standard InChI is InChI=1S/C10H18BrN/c11-7-8-12(10-5-6-10)9-3-1-2-4-9/h9-10H,1-8H2. The van der Waals surface area contributed by atoms with E-state index in [1.807, 2.05) is 0 Å². The van der Waals surface area contributed by atoms with Gasteiger partial charge in [-0.3, -0.25) is 4.90 Å². The fourth-order valence-electron chi connectivity index (χ4n) is 2.40. The van der Waals surface area contributed by atoms with Gasteiger partial charge in [-0.2, -0.15) is 0 Å². The Bertz CT molecular complexity index is 139. The van der Waals surface area contributed by atoms with Crippen LogP contribution >= 0.6 is 15.9 Å². The normalized spacial score (nSPS) is 25.5. The van der Waals surface area contributed by atoms with Crippen molar-refractivity contribution < 1.29 is 0 Å². The zero-order chi connectivity index (χ0) is 8.39. The summed E-state index contributed by atoms with van der Waals surface area (Å²) in [4.78, 5) is 2.75. The summed E-state index contributed by atoms with van der Waals surface area (Å²) in [5.74, 6) is 0. The average molecular weight is 232 g/mol. The van der Waals surface area contributed by atoms with E-state index in [9.17, 15) is 0 Å². The van der Waals surface area contributed by atoms with Crippen molar-refractivity contribution in [2.24, 2.45) is 0 Å². The Morgan fingerprint density at radius 1 is 1.00 bits per heavy atom. The van der Waals surface area contributed by atoms with E-state index in [1.54, 1.807) is 0 Å². The Hall–Kier alpha value is 0.440. The van der Waals surface area contributed by atoms with Crippen LogP contribution in [-0.2, 0) is 0 Å². The second-order valence-corrected chi connectivity index (χ2v) is 4.89. The average Bonchev–Trinajstić information content (AvgIpc) is 2.77. The molecule has 1 nitrogen and oxygen atoms in total. The maximum absolute atomic E-state index is 3.55. The lowest BCUT2D eigenvalue weighted by atomic mass is 10.2. The number of hydrogen-bond donors (Lipinski definition) is 0. The minimum atomic E-state index is 0.940. The molecule has 2 fully saturated rings. The predicted molar refractivity (Wildman–Crippen MR) is 55.8 cm³/mol. The summed E-state index contributed by atoms with van der Waals surface area (Å²) < 4.78 is 0. The summed E-state index contributed by atoms with van der Waals surface area (Å²) in [6.45, 7) is 1.27. The molecule has 70 valence electrons. The first-order valence-corrected chi connectivity index (χ1v) is 6.35. The van der Waals surface area contributed by atoms with Gasteiger partial charge in [0, 0.05) is 24.0 Å². The number of nitrogens with zero attached hydrogens (tertiary/aromatic N) is 1. The number of alkyl halides is 1. The van der Waals surface area contributed by atoms with E-state index < -0.39 is 0 Å². The van der Waals surface area contributed by atoms with Crippen LogP contribution in [0.2, 0.25) is 0 Å². The molecule has 2 aliphatic rings. The van der Waals surface area contributed by atoms with Crippen LogP contribution in [-0.4, -0.2) is 28.9 Å². The zero-order valence-corrected chi connectivity index (χ0v) is 9.22. The Balaban J connectivity index is 1.85. The van der Waals surface area contributed by atoms with Crippen LogP contribution in [0.1, 0.15) is 38.5 Å². The monoisotopic (exact) mass is 231 g/mol. The molecular formula is C10H18BrN. The molecule has 0 unspecified atom stereocenters. The van der Waals surface area contributed by atoms with Gasteiger partial charge < -0.3 is 0 Å². The lowest BCUT2D eigenvalue weighted by Gasteiger charge is -2.27. The van der Waals surface area contributed by atoms with E-state index >= 15 is 0 Å². The number of hydrogen-bond acceptors (Lipinski definition) is 1. The van der Waals surface area contributed by atoms with Crippen molar-refractivity contribution in [2.45, 2.75) is 50.6 Å². The van der Waals surface area contributed by atoms with Crippen molar-refractivity contribution in [3.05, 3.63) is 0 Å². The molecular weight excluding hydrogens is 214 g/mol. The lowest BCUT2D eigenvalue weighted by Crippen LogP contribution is -2.36. The quantitative estimate of drug-likeness (QED) is 0.673. The van der Waals surface area contributed by atoms with Crippen LogP contribution in [0.4, 0.5) is 0 Å². The Kier molecular flexibility index (Phi) is 3.08. The van der Waals surface area contributed by atoms with Crippen LogP contribution in [0.15, 0.2) is 0 Å². The first kappa shape index (κ1) is 9.01. The summed E-state index contributed by atoms with van der Waals surface area (Å²) in [6.07, 6.45) is 8.78. The van der Waals surface area contributed by atoms with Crippen molar-refractivity contribution in [3.63, 3.8) is 0 Å². The van der Waals surface area contributed by atoms with Crippen LogP contribution in [0.5, 0.6) is 0 Å². The molecule has 2 rings (SSSR count). The van der Waals surface area contributed by atoms with E-state index in [-0.39, 0.29) is 0 Å². The molecule has 0 N–H and O–H groups in total. The Morgan fingerprint density at radius 3 is 2.08 bits per heavy atom. The van der Waals surface area contributed by atoms with Crippen molar-refractivity contribution in [1.29, 1.82) is 0 Å². The highest BCUT2D eigenvalue weighted by Gasteiger charge is 2.34. The Labute approximate surface area is 83.6 Å². The van der Waals surface area contributed by atoms with E-state index in [1.165, 1.54) is 45.1 Å². The molecule has 2 saturated carbocycles. The second kappa shape index (κ2) is 4.10. The highest BCUT2D eigenvalue weighted by molar-refractivity contribution is 9.09. The third kappa shape index (κ3) is 2.02. The van der Waals surface area contributed by atoms with Crippen LogP contribution < -0.4 is 0 Å². The summed E-state index contributed by atoms with van der Waals surface area (Å²) in [5, 5.41) is 1.15. The molecule has 2 aliphatic carbocycles. The van der Waals surface area contributed by atoms with Crippen LogP contribution in [0.3, 0.4) is 0 Å². The molecule has 0 aliphatic heterocycles. The molecule has 12 heavy (non-hydrogen) atoms. The van der Waals surface area contributed by atoms with E-state index in [0.29, 0.717) is 0 Å². The van der Waals surface area contributed by atoms with Gasteiger partial charge in [-0.05, 0) is 25.7 Å². The van der Waals surface area contributed by atoms with Crippen molar-refractivity contribution in [3.8, 4) is 0 Å². The SMILES string of the molecule is BrCCN(C1CCCC1)C1CC1. The molecule has 0 saturated heterocycles. The summed E-state index contributed by atoms with van der Waals surface area (Å²) in [7, 11) is 0. The minimum Gasteiger partial charge on any atom is -0.297 e. The number of rotatable bonds is 4. The van der Waals surface area contributed by atoms with Crippen LogP contribution in [0.25, 0.3) is 0 Å². The summed E-state index contributed by atoms with van der Waals surface area (Å²) >= 11 is 3.55. The summed E-state index contributed by atoms with van der Waals surface area (Å²) in [5.41, 5.74) is 0. The molecule has 0 radical (unpaired) electrons. The van der Waals surface area contributed by atoms with Gasteiger partial charge in [-0.15, -0.1) is 0 Å². The lowest BCUT2D eigenvalue weighted by molar-refractivity contribution is 0.201. The molecule has 0 heterocycles. The van der Waals surface area contributed by atoms with Gasteiger partial charge in [-0.25, -0.2) is 0 Å². The smallest absolute Gasteiger partial charge is 0.0159 e. The van der Waals surface area contributed by atoms with Crippen molar-refractivity contribution >= 4 is 15.9 Å². The van der Waals surface area contributed by atoms with E-state index in [4.69, 9.17) is 0 Å². The van der Waals surface area contributed by atoms with Gasteiger partial charge in [0.25, 0.3) is 0 Å². The molecule has 0 aromatic rings. The molecule has 0 amide bonds. The highest BCUT2D eigenvalue weighted by atomic mass is 79.9. The molecule has 0 atom stereocenters. The first-order valence-electron chi connectivity index (χ1n) is 5.23. The molecule has 2 heteroatoms. The van der Waals surface area contributed by atoms with Gasteiger partial charge in [0.15, 0.2) is 0 Å². The predicted octanol–water partition coefficient (Wildman–Crippen LogP) is 2.79. The van der Waals surface area contributed by atoms with Gasteiger partial charge >= 0.3 is 0 Å². The summed E-state index contributed by atoms with van der Waals surface area (Å²) in [6, 6.07) is 1.90. The van der Waals surface area contributed by atoms with Gasteiger partial charge in [0.05, 0.1) is 0 Å². The number of halogens is 1. The topological polar surface area (TPSA) is 3.24 Å². The fraction of sp³-hybridized carbons (Fsp3) is 1.00. The van der Waals surface area contributed by atoms with E-state index in [0.717, 1.165) is 17.4 Å². The first-order chi connectivity index (χ1) is 5.92. The molecule has 0 bridgehead atoms. The van der Waals surface area contributed by atoms with Gasteiger partial charge in [-0.1, -0.05) is 28.8 Å². The molecule has 0 aromatic carbocycles. The fourth-order valence-corrected chi connectivity index (χ4v) is 2.81. The second-order valence-electron chi connectivity index (χ2n) is 4.10. The van der Waals surface area contributed by atoms with E-state index in [2.05, 4.69) is 20.8 Å². The van der Waals surface area contributed by atoms with Crippen molar-refractivity contribution in [2.75, 3.05) is 11.9 Å². The maximum Gasteiger partial charge on any atom is 0.0159 e. The molecule has 0 aromatic heterocycles. The third-order valence-corrected chi connectivity index (χ3v) is 3.51. The largest absolute Gasteiger partial charge is 0.297 e. The minimum absolute atomic E-state index is 0.940. The van der Waals surface area contributed by atoms with Gasteiger partial charge in [0.2, 0.25) is 0 Å². The van der Waals surface area contributed by atoms with Crippen LogP contribution in [0, 0.1) is 0 Å². The Morgan fingerprint density at radius 2 is 1.58 bits per heavy atom.